The maximum absolute atomic E-state index is 4.09. The van der Waals surface area contributed by atoms with Gasteiger partial charge in [-0.1, -0.05) is 6.92 Å². The van der Waals surface area contributed by atoms with Crippen molar-refractivity contribution in [2.75, 3.05) is 0 Å². The maximum Gasteiger partial charge on any atom is 0.0797 e. The first-order valence-corrected chi connectivity index (χ1v) is 3.47. The van der Waals surface area contributed by atoms with Crippen LogP contribution in [0.1, 0.15) is 17.5 Å². The summed E-state index contributed by atoms with van der Waals surface area (Å²) in [5.74, 6) is 0. The smallest absolute Gasteiger partial charge is 0.0797 e. The van der Waals surface area contributed by atoms with Crippen molar-refractivity contribution >= 4 is 11.3 Å². The molecule has 0 spiro atoms. The van der Waals surface area contributed by atoms with E-state index in [-0.39, 0.29) is 0 Å². The van der Waals surface area contributed by atoms with E-state index in [9.17, 15) is 0 Å². The number of hydrogen-bond acceptors (Lipinski definition) is 2. The average Bonchev–Trinajstić information content (AvgIpc) is 2.14. The Morgan fingerprint density at radius 3 is 2.88 bits per heavy atom. The SMILES string of the molecule is [CH2]c1scnc1CC. The summed E-state index contributed by atoms with van der Waals surface area (Å²) in [6.07, 6.45) is 1.00. The van der Waals surface area contributed by atoms with Gasteiger partial charge in [0.2, 0.25) is 0 Å². The van der Waals surface area contributed by atoms with Gasteiger partial charge < -0.3 is 0 Å². The number of hydrogen-bond donors (Lipinski definition) is 0. The van der Waals surface area contributed by atoms with Gasteiger partial charge in [0.25, 0.3) is 0 Å². The van der Waals surface area contributed by atoms with Gasteiger partial charge in [0.15, 0.2) is 0 Å². The van der Waals surface area contributed by atoms with Crippen LogP contribution < -0.4 is 0 Å². The summed E-state index contributed by atoms with van der Waals surface area (Å²) in [5, 5.41) is 0. The lowest BCUT2D eigenvalue weighted by Crippen LogP contribution is -1.79. The highest BCUT2D eigenvalue weighted by Crippen LogP contribution is 2.10. The van der Waals surface area contributed by atoms with Gasteiger partial charge >= 0.3 is 0 Å². The van der Waals surface area contributed by atoms with Crippen molar-refractivity contribution in [1.82, 2.24) is 4.98 Å². The summed E-state index contributed by atoms with van der Waals surface area (Å²) in [7, 11) is 0. The zero-order chi connectivity index (χ0) is 5.98. The van der Waals surface area contributed by atoms with Gasteiger partial charge in [-0.2, -0.15) is 0 Å². The Morgan fingerprint density at radius 2 is 2.62 bits per heavy atom. The molecule has 0 aliphatic carbocycles. The molecule has 2 heteroatoms. The van der Waals surface area contributed by atoms with Gasteiger partial charge in [-0.15, -0.1) is 11.3 Å². The molecule has 0 atom stereocenters. The molecular formula is C6H8NS. The van der Waals surface area contributed by atoms with Crippen LogP contribution in [0.2, 0.25) is 0 Å². The zero-order valence-electron chi connectivity index (χ0n) is 4.85. The number of aromatic nitrogens is 1. The number of aryl methyl sites for hydroxylation is 1. The molecule has 1 rings (SSSR count). The predicted molar refractivity (Wildman–Crippen MR) is 36.0 cm³/mol. The fourth-order valence-corrected chi connectivity index (χ4v) is 1.22. The van der Waals surface area contributed by atoms with Gasteiger partial charge in [0.1, 0.15) is 0 Å². The molecule has 43 valence electrons. The first-order chi connectivity index (χ1) is 3.84. The van der Waals surface area contributed by atoms with Gasteiger partial charge in [-0.05, 0) is 13.3 Å². The van der Waals surface area contributed by atoms with E-state index in [1.165, 1.54) is 0 Å². The molecule has 0 saturated heterocycles. The Balaban J connectivity index is 2.92. The molecule has 0 aliphatic heterocycles. The topological polar surface area (TPSA) is 12.9 Å². The number of thiazole rings is 1. The molecule has 1 nitrogen and oxygen atoms in total. The second kappa shape index (κ2) is 2.27. The molecule has 0 fully saturated rings. The van der Waals surface area contributed by atoms with Gasteiger partial charge in [0.05, 0.1) is 11.2 Å². The van der Waals surface area contributed by atoms with E-state index in [1.807, 2.05) is 5.51 Å². The quantitative estimate of drug-likeness (QED) is 0.560. The largest absolute Gasteiger partial charge is 0.249 e. The van der Waals surface area contributed by atoms with E-state index in [0.717, 1.165) is 17.0 Å². The van der Waals surface area contributed by atoms with Gasteiger partial charge in [-0.25, -0.2) is 4.98 Å². The van der Waals surface area contributed by atoms with E-state index in [2.05, 4.69) is 18.8 Å². The second-order valence-corrected chi connectivity index (χ2v) is 2.52. The second-order valence-electron chi connectivity index (χ2n) is 1.58. The summed E-state index contributed by atoms with van der Waals surface area (Å²) >= 11 is 1.61. The van der Waals surface area contributed by atoms with Crippen LogP contribution in [0.5, 0.6) is 0 Å². The lowest BCUT2D eigenvalue weighted by molar-refractivity contribution is 1.05. The van der Waals surface area contributed by atoms with Crippen LogP contribution in [-0.2, 0) is 6.42 Å². The molecule has 0 bridgehead atoms. The maximum atomic E-state index is 4.09. The summed E-state index contributed by atoms with van der Waals surface area (Å²) in [4.78, 5) is 5.19. The highest BCUT2D eigenvalue weighted by Gasteiger charge is 1.94. The van der Waals surface area contributed by atoms with E-state index in [4.69, 9.17) is 0 Å². The van der Waals surface area contributed by atoms with Crippen LogP contribution in [0, 0.1) is 6.92 Å². The van der Waals surface area contributed by atoms with Crippen LogP contribution in [0.25, 0.3) is 0 Å². The van der Waals surface area contributed by atoms with Crippen LogP contribution >= 0.6 is 11.3 Å². The molecule has 0 N–H and O–H groups in total. The minimum absolute atomic E-state index is 1.00. The van der Waals surface area contributed by atoms with Crippen molar-refractivity contribution in [3.63, 3.8) is 0 Å². The van der Waals surface area contributed by atoms with Crippen LogP contribution in [0.15, 0.2) is 5.51 Å². The van der Waals surface area contributed by atoms with E-state index in [1.54, 1.807) is 11.3 Å². The normalized spacial score (nSPS) is 9.75. The minimum atomic E-state index is 1.00. The number of rotatable bonds is 1. The lowest BCUT2D eigenvalue weighted by Gasteiger charge is -1.85. The number of nitrogens with zero attached hydrogens (tertiary/aromatic N) is 1. The molecule has 0 saturated carbocycles. The van der Waals surface area contributed by atoms with Crippen LogP contribution in [0.4, 0.5) is 0 Å². The van der Waals surface area contributed by atoms with Crippen molar-refractivity contribution in [3.05, 3.63) is 23.0 Å². The molecule has 8 heavy (non-hydrogen) atoms. The fourth-order valence-electron chi connectivity index (χ4n) is 0.582. The van der Waals surface area contributed by atoms with Crippen molar-refractivity contribution in [3.8, 4) is 0 Å². The Hall–Kier alpha value is -0.370. The zero-order valence-corrected chi connectivity index (χ0v) is 5.66. The Labute approximate surface area is 53.4 Å². The van der Waals surface area contributed by atoms with E-state index < -0.39 is 0 Å². The summed E-state index contributed by atoms with van der Waals surface area (Å²) < 4.78 is 0. The molecule has 0 amide bonds. The summed E-state index contributed by atoms with van der Waals surface area (Å²) in [5.41, 5.74) is 2.97. The van der Waals surface area contributed by atoms with E-state index in [0.29, 0.717) is 0 Å². The van der Waals surface area contributed by atoms with Gasteiger partial charge in [-0.3, -0.25) is 0 Å². The molecule has 1 aromatic heterocycles. The predicted octanol–water partition coefficient (Wildman–Crippen LogP) is 1.89. The Bertz CT molecular complexity index is 169. The third-order valence-corrected chi connectivity index (χ3v) is 1.79. The Kier molecular flexibility index (Phi) is 1.63. The molecule has 1 heterocycles. The van der Waals surface area contributed by atoms with Crippen molar-refractivity contribution in [2.24, 2.45) is 0 Å². The summed E-state index contributed by atoms with van der Waals surface area (Å²) in [6.45, 7) is 5.89. The molecular weight excluding hydrogens is 118 g/mol. The fraction of sp³-hybridized carbons (Fsp3) is 0.333. The summed E-state index contributed by atoms with van der Waals surface area (Å²) in [6, 6.07) is 0. The highest BCUT2D eigenvalue weighted by molar-refractivity contribution is 7.09. The molecule has 1 aromatic rings. The molecule has 0 aliphatic rings. The Morgan fingerprint density at radius 1 is 1.88 bits per heavy atom. The molecule has 1 radical (unpaired) electrons. The van der Waals surface area contributed by atoms with Crippen molar-refractivity contribution in [1.29, 1.82) is 0 Å². The van der Waals surface area contributed by atoms with Crippen molar-refractivity contribution < 1.29 is 0 Å². The first-order valence-electron chi connectivity index (χ1n) is 2.59. The molecule has 0 aromatic carbocycles. The third kappa shape index (κ3) is 0.892. The standard InChI is InChI=1S/C6H8NS/c1-3-6-5(2)8-4-7-6/h4H,2-3H2,1H3. The monoisotopic (exact) mass is 126 g/mol. The lowest BCUT2D eigenvalue weighted by atomic mass is 10.3. The highest BCUT2D eigenvalue weighted by atomic mass is 32.1. The average molecular weight is 126 g/mol. The van der Waals surface area contributed by atoms with E-state index >= 15 is 0 Å². The van der Waals surface area contributed by atoms with Gasteiger partial charge in [0, 0.05) is 4.88 Å². The van der Waals surface area contributed by atoms with Crippen LogP contribution in [0.3, 0.4) is 0 Å². The van der Waals surface area contributed by atoms with Crippen molar-refractivity contribution in [2.45, 2.75) is 13.3 Å². The molecule has 0 unspecified atom stereocenters. The van der Waals surface area contributed by atoms with Crippen LogP contribution in [-0.4, -0.2) is 4.98 Å². The minimum Gasteiger partial charge on any atom is -0.249 e. The third-order valence-electron chi connectivity index (χ3n) is 1.06. The first kappa shape index (κ1) is 5.76.